The first-order valence-corrected chi connectivity index (χ1v) is 12.7. The van der Waals surface area contributed by atoms with E-state index in [4.69, 9.17) is 30.5 Å². The van der Waals surface area contributed by atoms with E-state index in [0.29, 0.717) is 65.0 Å². The number of halogens is 1. The van der Waals surface area contributed by atoms with Gasteiger partial charge in [0.1, 0.15) is 6.61 Å². The summed E-state index contributed by atoms with van der Waals surface area (Å²) < 4.78 is 22.2. The highest BCUT2D eigenvalue weighted by molar-refractivity contribution is 6.30. The van der Waals surface area contributed by atoms with E-state index in [9.17, 15) is 9.59 Å². The van der Waals surface area contributed by atoms with Crippen molar-refractivity contribution < 1.29 is 28.5 Å². The fourth-order valence-corrected chi connectivity index (χ4v) is 5.27. The molecule has 37 heavy (non-hydrogen) atoms. The summed E-state index contributed by atoms with van der Waals surface area (Å²) in [6, 6.07) is 13.1. The van der Waals surface area contributed by atoms with Crippen LogP contribution in [0.3, 0.4) is 0 Å². The number of esters is 1. The van der Waals surface area contributed by atoms with Crippen LogP contribution in [0.1, 0.15) is 49.7 Å². The number of carbonyl (C=O) groups is 2. The number of ketones is 1. The van der Waals surface area contributed by atoms with Crippen LogP contribution in [-0.2, 0) is 19.1 Å². The first-order chi connectivity index (χ1) is 17.9. The summed E-state index contributed by atoms with van der Waals surface area (Å²) in [5, 5.41) is 4.02. The van der Waals surface area contributed by atoms with Gasteiger partial charge in [-0.25, -0.2) is 4.79 Å². The van der Waals surface area contributed by atoms with E-state index in [2.05, 4.69) is 5.32 Å². The third-order valence-electron chi connectivity index (χ3n) is 6.80. The second-order valence-electron chi connectivity index (χ2n) is 8.98. The van der Waals surface area contributed by atoms with E-state index >= 15 is 0 Å². The molecular weight excluding hydrogens is 494 g/mol. The lowest BCUT2D eigenvalue weighted by Crippen LogP contribution is -2.36. The van der Waals surface area contributed by atoms with Crippen molar-refractivity contribution in [3.63, 3.8) is 0 Å². The minimum atomic E-state index is -0.667. The van der Waals surface area contributed by atoms with Gasteiger partial charge in [-0.05, 0) is 49.9 Å². The van der Waals surface area contributed by atoms with Crippen molar-refractivity contribution in [2.75, 3.05) is 34.0 Å². The number of nitrogens with one attached hydrogen (secondary N) is 1. The summed E-state index contributed by atoms with van der Waals surface area (Å²) in [5.74, 6) is -0.209. The first kappa shape index (κ1) is 26.8. The number of Topliss-reactive ketones (excluding diaryl/α,β-unsaturated/α-hetero) is 1. The molecule has 0 fully saturated rings. The van der Waals surface area contributed by atoms with Gasteiger partial charge < -0.3 is 24.3 Å². The normalized spacial score (nSPS) is 19.3. The molecule has 0 radical (unpaired) electrons. The number of allylic oxidation sites excluding steroid dienone is 3. The molecule has 8 heteroatoms. The molecule has 196 valence electrons. The van der Waals surface area contributed by atoms with Crippen molar-refractivity contribution in [3.8, 4) is 11.5 Å². The van der Waals surface area contributed by atoms with Gasteiger partial charge in [-0.2, -0.15) is 0 Å². The molecule has 7 nitrogen and oxygen atoms in total. The Bertz CT molecular complexity index is 1230. The Kier molecular flexibility index (Phi) is 8.56. The van der Waals surface area contributed by atoms with Crippen LogP contribution < -0.4 is 14.8 Å². The summed E-state index contributed by atoms with van der Waals surface area (Å²) in [6.45, 7) is 4.66. The Labute approximate surface area is 222 Å². The maximum absolute atomic E-state index is 13.8. The Hall–Kier alpha value is -3.29. The van der Waals surface area contributed by atoms with Crippen LogP contribution in [0.2, 0.25) is 5.02 Å². The predicted molar refractivity (Wildman–Crippen MR) is 141 cm³/mol. The Morgan fingerprint density at radius 1 is 1.05 bits per heavy atom. The quantitative estimate of drug-likeness (QED) is 0.351. The van der Waals surface area contributed by atoms with Gasteiger partial charge >= 0.3 is 5.97 Å². The molecule has 0 saturated carbocycles. The molecule has 0 bridgehead atoms. The Morgan fingerprint density at radius 2 is 1.81 bits per heavy atom. The zero-order valence-corrected chi connectivity index (χ0v) is 22.3. The van der Waals surface area contributed by atoms with Crippen LogP contribution in [-0.4, -0.2) is 45.8 Å². The van der Waals surface area contributed by atoms with E-state index in [-0.39, 0.29) is 18.3 Å². The van der Waals surface area contributed by atoms with Gasteiger partial charge in [0.25, 0.3) is 0 Å². The van der Waals surface area contributed by atoms with Gasteiger partial charge in [0.2, 0.25) is 0 Å². The standard InChI is InChI=1S/C29H32ClNO6/c1-5-36-13-14-37-29(33)25-17(2)31-22-15-19(18-9-11-20(30)12-10-18)16-23(32)27(22)26(25)21-7-6-8-24(34-3)28(21)35-4/h6-12,19,26,31H,5,13-16H2,1-4H3/t19-,26+/m1/s1. The lowest BCUT2D eigenvalue weighted by atomic mass is 9.71. The second-order valence-corrected chi connectivity index (χ2v) is 9.42. The molecule has 2 atom stereocenters. The van der Waals surface area contributed by atoms with E-state index in [1.807, 2.05) is 50.2 Å². The Morgan fingerprint density at radius 3 is 2.49 bits per heavy atom. The molecule has 4 rings (SSSR count). The molecule has 1 aliphatic heterocycles. The number of carbonyl (C=O) groups excluding carboxylic acids is 2. The van der Waals surface area contributed by atoms with Crippen molar-refractivity contribution in [2.45, 2.75) is 38.5 Å². The first-order valence-electron chi connectivity index (χ1n) is 12.3. The van der Waals surface area contributed by atoms with Gasteiger partial charge in [0, 0.05) is 40.6 Å². The van der Waals surface area contributed by atoms with Crippen LogP contribution in [0.5, 0.6) is 11.5 Å². The molecule has 0 amide bonds. The van der Waals surface area contributed by atoms with Crippen LogP contribution in [0.4, 0.5) is 0 Å². The molecule has 0 saturated heterocycles. The SMILES string of the molecule is CCOCCOC(=O)C1=C(C)NC2=C(C(=O)C[C@H](c3ccc(Cl)cc3)C2)[C@H]1c1cccc(OC)c1OC. The number of hydrogen-bond donors (Lipinski definition) is 1. The fourth-order valence-electron chi connectivity index (χ4n) is 5.15. The van der Waals surface area contributed by atoms with E-state index in [1.165, 1.54) is 0 Å². The molecule has 2 aromatic rings. The lowest BCUT2D eigenvalue weighted by molar-refractivity contribution is -0.140. The highest BCUT2D eigenvalue weighted by Gasteiger charge is 2.42. The van der Waals surface area contributed by atoms with Crippen LogP contribution in [0.25, 0.3) is 0 Å². The number of benzene rings is 2. The monoisotopic (exact) mass is 525 g/mol. The van der Waals surface area contributed by atoms with Gasteiger partial charge in [-0.3, -0.25) is 4.79 Å². The maximum Gasteiger partial charge on any atom is 0.336 e. The molecule has 1 heterocycles. The molecular formula is C29H32ClNO6. The predicted octanol–water partition coefficient (Wildman–Crippen LogP) is 5.30. The number of ether oxygens (including phenoxy) is 4. The molecule has 2 aliphatic rings. The van der Waals surface area contributed by atoms with Crippen molar-refractivity contribution in [1.82, 2.24) is 5.32 Å². The fraction of sp³-hybridized carbons (Fsp3) is 0.379. The summed E-state index contributed by atoms with van der Waals surface area (Å²) >= 11 is 6.08. The van der Waals surface area contributed by atoms with Crippen molar-refractivity contribution in [1.29, 1.82) is 0 Å². The van der Waals surface area contributed by atoms with E-state index in [1.54, 1.807) is 20.3 Å². The van der Waals surface area contributed by atoms with E-state index in [0.717, 1.165) is 11.3 Å². The maximum atomic E-state index is 13.8. The number of methoxy groups -OCH3 is 2. The second kappa shape index (κ2) is 11.8. The Balaban J connectivity index is 1.79. The average molecular weight is 526 g/mol. The van der Waals surface area contributed by atoms with Gasteiger partial charge in [0.15, 0.2) is 17.3 Å². The molecule has 0 unspecified atom stereocenters. The molecule has 1 N–H and O–H groups in total. The molecule has 0 spiro atoms. The topological polar surface area (TPSA) is 83.1 Å². The summed E-state index contributed by atoms with van der Waals surface area (Å²) in [4.78, 5) is 27.2. The van der Waals surface area contributed by atoms with Crippen molar-refractivity contribution >= 4 is 23.4 Å². The molecule has 0 aromatic heterocycles. The average Bonchev–Trinajstić information content (AvgIpc) is 2.89. The van der Waals surface area contributed by atoms with E-state index < -0.39 is 11.9 Å². The van der Waals surface area contributed by atoms with Crippen LogP contribution >= 0.6 is 11.6 Å². The third-order valence-corrected chi connectivity index (χ3v) is 7.05. The van der Waals surface area contributed by atoms with Crippen LogP contribution in [0.15, 0.2) is 65.0 Å². The van der Waals surface area contributed by atoms with Gasteiger partial charge in [-0.15, -0.1) is 0 Å². The van der Waals surface area contributed by atoms with Gasteiger partial charge in [0.05, 0.1) is 32.3 Å². The van der Waals surface area contributed by atoms with Crippen molar-refractivity contribution in [3.05, 3.63) is 81.2 Å². The molecule has 1 aliphatic carbocycles. The highest BCUT2D eigenvalue weighted by atomic mass is 35.5. The minimum Gasteiger partial charge on any atom is -0.493 e. The molecule has 2 aromatic carbocycles. The number of rotatable bonds is 9. The minimum absolute atomic E-state index is 0.00336. The van der Waals surface area contributed by atoms with Crippen LogP contribution in [0, 0.1) is 0 Å². The number of dihydropyridines is 1. The highest BCUT2D eigenvalue weighted by Crippen LogP contribution is 2.49. The smallest absolute Gasteiger partial charge is 0.336 e. The zero-order chi connectivity index (χ0) is 26.5. The summed E-state index contributed by atoms with van der Waals surface area (Å²) in [5.41, 5.74) is 4.09. The summed E-state index contributed by atoms with van der Waals surface area (Å²) in [6.07, 6.45) is 0.937. The number of para-hydroxylation sites is 1. The largest absolute Gasteiger partial charge is 0.493 e. The van der Waals surface area contributed by atoms with Crippen molar-refractivity contribution in [2.24, 2.45) is 0 Å². The summed E-state index contributed by atoms with van der Waals surface area (Å²) in [7, 11) is 3.11. The van der Waals surface area contributed by atoms with Gasteiger partial charge in [-0.1, -0.05) is 35.9 Å². The number of hydrogen-bond acceptors (Lipinski definition) is 7. The zero-order valence-electron chi connectivity index (χ0n) is 21.6. The lowest BCUT2D eigenvalue weighted by Gasteiger charge is -2.37. The third kappa shape index (κ3) is 5.53.